The maximum absolute atomic E-state index is 10.9. The number of carbonyl (C=O) groups excluding carboxylic acids is 2. The van der Waals surface area contributed by atoms with E-state index < -0.39 is 33.8 Å². The van der Waals surface area contributed by atoms with Crippen molar-refractivity contribution in [1.29, 1.82) is 0 Å². The molecule has 5 nitrogen and oxygen atoms in total. The second-order valence-electron chi connectivity index (χ2n) is 2.59. The van der Waals surface area contributed by atoms with Gasteiger partial charge in [0.2, 0.25) is 0 Å². The second kappa shape index (κ2) is 4.96. The molecule has 0 rings (SSSR count). The van der Waals surface area contributed by atoms with Crippen molar-refractivity contribution in [3.05, 3.63) is 0 Å². The third-order valence-corrected chi connectivity index (χ3v) is 1.92. The lowest BCUT2D eigenvalue weighted by atomic mass is 10.3. The van der Waals surface area contributed by atoms with Crippen molar-refractivity contribution in [2.24, 2.45) is 0 Å². The average molecular weight is 208 g/mol. The molecule has 0 N–H and O–H groups in total. The molecule has 76 valence electrons. The molecule has 13 heavy (non-hydrogen) atoms. The molecule has 0 fully saturated rings. The maximum atomic E-state index is 10.9. The molecule has 0 radical (unpaired) electrons. The first-order valence-corrected chi connectivity index (χ1v) is 5.76. The van der Waals surface area contributed by atoms with Crippen LogP contribution in [0.4, 0.5) is 0 Å². The van der Waals surface area contributed by atoms with Crippen LogP contribution in [0.25, 0.3) is 0 Å². The summed E-state index contributed by atoms with van der Waals surface area (Å²) in [5.74, 6) is -1.93. The van der Waals surface area contributed by atoms with Crippen LogP contribution in [0.5, 0.6) is 0 Å². The molecule has 0 aliphatic heterocycles. The van der Waals surface area contributed by atoms with E-state index in [1.165, 1.54) is 0 Å². The number of carbonyl (C=O) groups is 2. The zero-order valence-corrected chi connectivity index (χ0v) is 8.39. The van der Waals surface area contributed by atoms with Gasteiger partial charge in [-0.1, -0.05) is 0 Å². The van der Waals surface area contributed by atoms with Crippen LogP contribution in [0.15, 0.2) is 0 Å². The lowest BCUT2D eigenvalue weighted by Crippen LogP contribution is -2.19. The Kier molecular flexibility index (Phi) is 4.61. The van der Waals surface area contributed by atoms with Crippen molar-refractivity contribution in [3.8, 4) is 0 Å². The number of ketones is 1. The predicted molar refractivity (Wildman–Crippen MR) is 46.0 cm³/mol. The minimum Gasteiger partial charge on any atom is -0.466 e. The summed E-state index contributed by atoms with van der Waals surface area (Å²) in [5, 5.41) is 0. The van der Waals surface area contributed by atoms with Crippen molar-refractivity contribution in [2.75, 3.05) is 18.6 Å². The van der Waals surface area contributed by atoms with Gasteiger partial charge in [-0.15, -0.1) is 0 Å². The third kappa shape index (κ3) is 7.45. The first kappa shape index (κ1) is 12.1. The van der Waals surface area contributed by atoms with Gasteiger partial charge in [0.1, 0.15) is 12.2 Å². The molecule has 0 unspecified atom stereocenters. The van der Waals surface area contributed by atoms with Crippen molar-refractivity contribution in [1.82, 2.24) is 0 Å². The van der Waals surface area contributed by atoms with Gasteiger partial charge in [0.05, 0.1) is 6.61 Å². The number of sulfone groups is 1. The summed E-state index contributed by atoms with van der Waals surface area (Å²) in [6.45, 7) is 1.80. The normalized spacial score (nSPS) is 10.9. The van der Waals surface area contributed by atoms with Crippen molar-refractivity contribution in [2.45, 2.75) is 13.3 Å². The Hall–Kier alpha value is -0.910. The van der Waals surface area contributed by atoms with E-state index in [-0.39, 0.29) is 6.61 Å². The van der Waals surface area contributed by atoms with Gasteiger partial charge in [-0.05, 0) is 6.92 Å². The highest BCUT2D eigenvalue weighted by molar-refractivity contribution is 7.91. The van der Waals surface area contributed by atoms with Gasteiger partial charge in [-0.2, -0.15) is 0 Å². The molecule has 0 aromatic carbocycles. The van der Waals surface area contributed by atoms with E-state index in [4.69, 9.17) is 0 Å². The lowest BCUT2D eigenvalue weighted by molar-refractivity contribution is -0.145. The van der Waals surface area contributed by atoms with Gasteiger partial charge in [0.25, 0.3) is 0 Å². The Labute approximate surface area is 77.0 Å². The van der Waals surface area contributed by atoms with Crippen LogP contribution in [-0.2, 0) is 24.2 Å². The first-order chi connectivity index (χ1) is 5.85. The monoisotopic (exact) mass is 208 g/mol. The van der Waals surface area contributed by atoms with Crippen LogP contribution in [-0.4, -0.2) is 38.8 Å². The van der Waals surface area contributed by atoms with Crippen LogP contribution in [0.3, 0.4) is 0 Å². The maximum Gasteiger partial charge on any atom is 0.313 e. The highest BCUT2D eigenvalue weighted by Crippen LogP contribution is 1.92. The summed E-state index contributed by atoms with van der Waals surface area (Å²) >= 11 is 0. The van der Waals surface area contributed by atoms with Crippen molar-refractivity contribution >= 4 is 21.6 Å². The minimum absolute atomic E-state index is 0.186. The Morgan fingerprint density at radius 2 is 1.85 bits per heavy atom. The quantitative estimate of drug-likeness (QED) is 0.452. The van der Waals surface area contributed by atoms with E-state index in [1.807, 2.05) is 0 Å². The fraction of sp³-hybridized carbons (Fsp3) is 0.714. The molecule has 0 aromatic heterocycles. The second-order valence-corrected chi connectivity index (χ2v) is 4.73. The minimum atomic E-state index is -3.34. The largest absolute Gasteiger partial charge is 0.466 e. The summed E-state index contributed by atoms with van der Waals surface area (Å²) in [4.78, 5) is 21.6. The van der Waals surface area contributed by atoms with Gasteiger partial charge in [0, 0.05) is 6.26 Å². The molecule has 0 saturated heterocycles. The lowest BCUT2D eigenvalue weighted by Gasteiger charge is -1.99. The molecule has 0 spiro atoms. The van der Waals surface area contributed by atoms with E-state index in [9.17, 15) is 18.0 Å². The molecular formula is C7H12O5S. The van der Waals surface area contributed by atoms with E-state index in [2.05, 4.69) is 4.74 Å². The van der Waals surface area contributed by atoms with E-state index in [0.29, 0.717) is 0 Å². The summed E-state index contributed by atoms with van der Waals surface area (Å²) in [6, 6.07) is 0. The zero-order valence-electron chi connectivity index (χ0n) is 7.57. The van der Waals surface area contributed by atoms with Crippen LogP contribution >= 0.6 is 0 Å². The van der Waals surface area contributed by atoms with Crippen molar-refractivity contribution in [3.63, 3.8) is 0 Å². The number of rotatable bonds is 5. The van der Waals surface area contributed by atoms with Crippen LogP contribution in [0.1, 0.15) is 13.3 Å². The smallest absolute Gasteiger partial charge is 0.313 e. The summed E-state index contributed by atoms with van der Waals surface area (Å²) in [6.07, 6.45) is 0.469. The van der Waals surface area contributed by atoms with Gasteiger partial charge in [-0.3, -0.25) is 9.59 Å². The fourth-order valence-electron chi connectivity index (χ4n) is 0.716. The van der Waals surface area contributed by atoms with Crippen LogP contribution in [0.2, 0.25) is 0 Å². The molecule has 0 heterocycles. The molecule has 0 aliphatic rings. The standard InChI is InChI=1S/C7H12O5S/c1-3-12-7(9)4-6(8)5-13(2,10)11/h3-5H2,1-2H3. The van der Waals surface area contributed by atoms with E-state index in [0.717, 1.165) is 6.26 Å². The van der Waals surface area contributed by atoms with E-state index >= 15 is 0 Å². The van der Waals surface area contributed by atoms with Gasteiger partial charge >= 0.3 is 5.97 Å². The highest BCUT2D eigenvalue weighted by Gasteiger charge is 2.15. The molecule has 6 heteroatoms. The molecule has 0 aliphatic carbocycles. The first-order valence-electron chi connectivity index (χ1n) is 3.70. The topological polar surface area (TPSA) is 77.5 Å². The fourth-order valence-corrected chi connectivity index (χ4v) is 1.40. The Bertz CT molecular complexity index is 290. The van der Waals surface area contributed by atoms with Gasteiger partial charge < -0.3 is 4.74 Å². The van der Waals surface area contributed by atoms with Gasteiger partial charge in [0.15, 0.2) is 15.6 Å². The van der Waals surface area contributed by atoms with Crippen LogP contribution < -0.4 is 0 Å². The molecule has 0 aromatic rings. The molecular weight excluding hydrogens is 196 g/mol. The number of Topliss-reactive ketones (excluding diaryl/α,β-unsaturated/α-hetero) is 1. The summed E-state index contributed by atoms with van der Waals surface area (Å²) in [5.41, 5.74) is 0. The average Bonchev–Trinajstić information content (AvgIpc) is 1.81. The number of hydrogen-bond acceptors (Lipinski definition) is 5. The SMILES string of the molecule is CCOC(=O)CC(=O)CS(C)(=O)=O. The molecule has 0 amide bonds. The Balaban J connectivity index is 3.96. The zero-order chi connectivity index (χ0) is 10.5. The Morgan fingerprint density at radius 3 is 2.23 bits per heavy atom. The number of ether oxygens (including phenoxy) is 1. The third-order valence-electron chi connectivity index (χ3n) is 1.07. The highest BCUT2D eigenvalue weighted by atomic mass is 32.2. The Morgan fingerprint density at radius 1 is 1.31 bits per heavy atom. The summed E-state index contributed by atoms with van der Waals surface area (Å²) in [7, 11) is -3.34. The molecule has 0 saturated carbocycles. The number of esters is 1. The van der Waals surface area contributed by atoms with Crippen molar-refractivity contribution < 1.29 is 22.7 Å². The molecule has 0 atom stereocenters. The van der Waals surface area contributed by atoms with Gasteiger partial charge in [-0.25, -0.2) is 8.42 Å². The van der Waals surface area contributed by atoms with Crippen LogP contribution in [0, 0.1) is 0 Å². The number of hydrogen-bond donors (Lipinski definition) is 0. The predicted octanol–water partition coefficient (Wildman–Crippen LogP) is -0.447. The summed E-state index contributed by atoms with van der Waals surface area (Å²) < 4.78 is 25.7. The molecule has 0 bridgehead atoms. The van der Waals surface area contributed by atoms with E-state index in [1.54, 1.807) is 6.92 Å².